The van der Waals surface area contributed by atoms with Gasteiger partial charge in [-0.15, -0.1) is 11.3 Å². The molecular formula is C13H15N3S. The molecule has 2 rings (SSSR count). The fraction of sp³-hybridized carbons (Fsp3) is 0.308. The summed E-state index contributed by atoms with van der Waals surface area (Å²) >= 11 is 1.61. The van der Waals surface area contributed by atoms with Gasteiger partial charge in [-0.05, 0) is 12.2 Å². The van der Waals surface area contributed by atoms with Gasteiger partial charge in [0.2, 0.25) is 0 Å². The first-order chi connectivity index (χ1) is 8.05. The number of aromatic nitrogens is 3. The van der Waals surface area contributed by atoms with Gasteiger partial charge < -0.3 is 0 Å². The van der Waals surface area contributed by atoms with Crippen LogP contribution in [0.2, 0.25) is 0 Å². The Hall–Kier alpha value is -1.55. The van der Waals surface area contributed by atoms with E-state index < -0.39 is 0 Å². The lowest BCUT2D eigenvalue weighted by Gasteiger charge is -2.15. The predicted octanol–water partition coefficient (Wildman–Crippen LogP) is 3.40. The average molecular weight is 245 g/mol. The third-order valence-electron chi connectivity index (χ3n) is 2.21. The van der Waals surface area contributed by atoms with Crippen molar-refractivity contribution in [1.29, 1.82) is 0 Å². The highest BCUT2D eigenvalue weighted by Gasteiger charge is 2.16. The number of thiazole rings is 1. The van der Waals surface area contributed by atoms with Crippen LogP contribution < -0.4 is 0 Å². The van der Waals surface area contributed by atoms with Gasteiger partial charge in [-0.25, -0.2) is 15.0 Å². The lowest BCUT2D eigenvalue weighted by atomic mass is 9.96. The van der Waals surface area contributed by atoms with Crippen molar-refractivity contribution in [3.8, 4) is 0 Å². The molecule has 2 aromatic heterocycles. The summed E-state index contributed by atoms with van der Waals surface area (Å²) < 4.78 is 0. The molecule has 0 amide bonds. The summed E-state index contributed by atoms with van der Waals surface area (Å²) in [6, 6.07) is 0. The summed E-state index contributed by atoms with van der Waals surface area (Å²) in [4.78, 5) is 12.9. The lowest BCUT2D eigenvalue weighted by molar-refractivity contribution is 0.545. The summed E-state index contributed by atoms with van der Waals surface area (Å²) in [5.74, 6) is 0.865. The lowest BCUT2D eigenvalue weighted by Crippen LogP contribution is -2.15. The molecule has 4 heteroatoms. The molecule has 2 heterocycles. The monoisotopic (exact) mass is 245 g/mol. The molecule has 0 radical (unpaired) electrons. The first-order valence-electron chi connectivity index (χ1n) is 5.46. The molecule has 0 spiro atoms. The molecule has 2 aromatic rings. The number of nitrogens with zero attached hydrogens (tertiary/aromatic N) is 3. The largest absolute Gasteiger partial charge is 0.245 e. The van der Waals surface area contributed by atoms with Crippen LogP contribution in [0.15, 0.2) is 24.0 Å². The van der Waals surface area contributed by atoms with Crippen molar-refractivity contribution in [3.63, 3.8) is 0 Å². The van der Waals surface area contributed by atoms with Crippen LogP contribution in [0.5, 0.6) is 0 Å². The molecule has 0 aliphatic heterocycles. The first kappa shape index (κ1) is 11.9. The highest BCUT2D eigenvalue weighted by Crippen LogP contribution is 2.17. The number of hydrogen-bond acceptors (Lipinski definition) is 4. The Bertz CT molecular complexity index is 492. The quantitative estimate of drug-likeness (QED) is 0.814. The summed E-state index contributed by atoms with van der Waals surface area (Å²) in [7, 11) is 0. The molecule has 0 N–H and O–H groups in total. The molecule has 0 unspecified atom stereocenters. The van der Waals surface area contributed by atoms with Crippen LogP contribution in [0.25, 0.3) is 12.2 Å². The van der Waals surface area contributed by atoms with Gasteiger partial charge in [0, 0.05) is 34.9 Å². The van der Waals surface area contributed by atoms with Crippen LogP contribution in [0.1, 0.15) is 37.2 Å². The predicted molar refractivity (Wildman–Crippen MR) is 71.8 cm³/mol. The molecular weight excluding hydrogens is 230 g/mol. The maximum Gasteiger partial charge on any atom is 0.133 e. The molecule has 0 atom stereocenters. The summed E-state index contributed by atoms with van der Waals surface area (Å²) in [5.41, 5.74) is 0.991. The molecule has 0 fully saturated rings. The van der Waals surface area contributed by atoms with E-state index in [1.165, 1.54) is 0 Å². The summed E-state index contributed by atoms with van der Waals surface area (Å²) in [6.45, 7) is 6.31. The van der Waals surface area contributed by atoms with Crippen molar-refractivity contribution in [2.24, 2.45) is 0 Å². The molecule has 0 aliphatic rings. The third-order valence-corrected chi connectivity index (χ3v) is 2.95. The van der Waals surface area contributed by atoms with Crippen LogP contribution in [-0.4, -0.2) is 15.0 Å². The van der Waals surface area contributed by atoms with E-state index in [1.807, 2.05) is 29.9 Å². The van der Waals surface area contributed by atoms with Crippen molar-refractivity contribution in [2.75, 3.05) is 0 Å². The minimum absolute atomic E-state index is 0.00243. The third kappa shape index (κ3) is 3.20. The highest BCUT2D eigenvalue weighted by molar-refractivity contribution is 7.10. The van der Waals surface area contributed by atoms with Crippen LogP contribution >= 0.6 is 11.3 Å². The molecule has 0 saturated carbocycles. The van der Waals surface area contributed by atoms with E-state index in [0.29, 0.717) is 0 Å². The van der Waals surface area contributed by atoms with E-state index in [4.69, 9.17) is 0 Å². The normalized spacial score (nSPS) is 12.2. The van der Waals surface area contributed by atoms with Gasteiger partial charge in [0.05, 0.1) is 0 Å². The highest BCUT2D eigenvalue weighted by atomic mass is 32.1. The maximum atomic E-state index is 4.37. The minimum atomic E-state index is -0.00243. The Kier molecular flexibility index (Phi) is 3.33. The Labute approximate surface area is 105 Å². The molecule has 88 valence electrons. The number of rotatable bonds is 2. The van der Waals surface area contributed by atoms with Crippen molar-refractivity contribution >= 4 is 23.5 Å². The second kappa shape index (κ2) is 4.75. The van der Waals surface area contributed by atoms with Gasteiger partial charge in [-0.2, -0.15) is 0 Å². The van der Waals surface area contributed by atoms with Gasteiger partial charge in [-0.1, -0.05) is 20.8 Å². The SMILES string of the molecule is CC(C)(C)c1ncc(C=Cc2nccs2)cn1. The zero-order chi connectivity index (χ0) is 12.3. The molecule has 0 aromatic carbocycles. The van der Waals surface area contributed by atoms with Gasteiger partial charge in [0.15, 0.2) is 0 Å². The van der Waals surface area contributed by atoms with Gasteiger partial charge in [-0.3, -0.25) is 0 Å². The van der Waals surface area contributed by atoms with E-state index in [-0.39, 0.29) is 5.41 Å². The molecule has 3 nitrogen and oxygen atoms in total. The Morgan fingerprint density at radius 1 is 1.06 bits per heavy atom. The van der Waals surface area contributed by atoms with E-state index in [1.54, 1.807) is 17.5 Å². The summed E-state index contributed by atoms with van der Waals surface area (Å²) in [5, 5.41) is 2.95. The Morgan fingerprint density at radius 3 is 2.29 bits per heavy atom. The van der Waals surface area contributed by atoms with E-state index >= 15 is 0 Å². The van der Waals surface area contributed by atoms with Crippen LogP contribution in [0, 0.1) is 0 Å². The van der Waals surface area contributed by atoms with Crippen LogP contribution in [0.4, 0.5) is 0 Å². The second-order valence-corrected chi connectivity index (χ2v) is 5.72. The second-order valence-electron chi connectivity index (χ2n) is 4.79. The van der Waals surface area contributed by atoms with Crippen molar-refractivity contribution in [3.05, 3.63) is 40.4 Å². The zero-order valence-electron chi connectivity index (χ0n) is 10.2. The van der Waals surface area contributed by atoms with Crippen molar-refractivity contribution < 1.29 is 0 Å². The molecule has 0 saturated heterocycles. The molecule has 17 heavy (non-hydrogen) atoms. The molecule has 0 aliphatic carbocycles. The fourth-order valence-corrected chi connectivity index (χ4v) is 1.83. The minimum Gasteiger partial charge on any atom is -0.245 e. The Balaban J connectivity index is 2.14. The molecule has 0 bridgehead atoms. The standard InChI is InChI=1S/C13H15N3S/c1-13(2,3)12-15-8-10(9-16-12)4-5-11-14-6-7-17-11/h4-9H,1-3H3. The first-order valence-corrected chi connectivity index (χ1v) is 6.34. The number of hydrogen-bond donors (Lipinski definition) is 0. The Morgan fingerprint density at radius 2 is 1.76 bits per heavy atom. The topological polar surface area (TPSA) is 38.7 Å². The van der Waals surface area contributed by atoms with Gasteiger partial charge in [0.25, 0.3) is 0 Å². The van der Waals surface area contributed by atoms with Crippen molar-refractivity contribution in [2.45, 2.75) is 26.2 Å². The van der Waals surface area contributed by atoms with Crippen LogP contribution in [0.3, 0.4) is 0 Å². The zero-order valence-corrected chi connectivity index (χ0v) is 11.0. The fourth-order valence-electron chi connectivity index (χ4n) is 1.30. The van der Waals surface area contributed by atoms with E-state index in [2.05, 4.69) is 35.7 Å². The van der Waals surface area contributed by atoms with Crippen LogP contribution in [-0.2, 0) is 5.41 Å². The smallest absolute Gasteiger partial charge is 0.133 e. The van der Waals surface area contributed by atoms with Gasteiger partial charge >= 0.3 is 0 Å². The maximum absolute atomic E-state index is 4.37. The van der Waals surface area contributed by atoms with Crippen molar-refractivity contribution in [1.82, 2.24) is 15.0 Å². The van der Waals surface area contributed by atoms with E-state index in [0.717, 1.165) is 16.4 Å². The average Bonchev–Trinajstić information content (AvgIpc) is 2.78. The van der Waals surface area contributed by atoms with E-state index in [9.17, 15) is 0 Å². The van der Waals surface area contributed by atoms with Gasteiger partial charge in [0.1, 0.15) is 10.8 Å². The summed E-state index contributed by atoms with van der Waals surface area (Å²) in [6.07, 6.45) is 9.43.